The zero-order valence-electron chi connectivity index (χ0n) is 12.8. The fourth-order valence-electron chi connectivity index (χ4n) is 1.59. The Kier molecular flexibility index (Phi) is 8.54. The van der Waals surface area contributed by atoms with Gasteiger partial charge in [-0.3, -0.25) is 4.99 Å². The molecule has 0 fully saturated rings. The molecule has 0 spiro atoms. The molecule has 2 N–H and O–H groups in total. The molecule has 0 amide bonds. The predicted molar refractivity (Wildman–Crippen MR) is 82.1 cm³/mol. The summed E-state index contributed by atoms with van der Waals surface area (Å²) in [6.07, 6.45) is 2.55. The lowest BCUT2D eigenvalue weighted by molar-refractivity contribution is 0.152. The van der Waals surface area contributed by atoms with Crippen LogP contribution in [0, 0.1) is 5.92 Å². The third-order valence-electron chi connectivity index (χ3n) is 2.60. The number of hydrogen-bond acceptors (Lipinski definition) is 3. The summed E-state index contributed by atoms with van der Waals surface area (Å²) in [7, 11) is 0. The van der Waals surface area contributed by atoms with Crippen molar-refractivity contribution in [2.75, 3.05) is 32.8 Å². The lowest BCUT2D eigenvalue weighted by atomic mass is 10.2. The van der Waals surface area contributed by atoms with E-state index in [9.17, 15) is 0 Å². The van der Waals surface area contributed by atoms with Crippen LogP contribution in [-0.4, -0.2) is 38.8 Å². The highest BCUT2D eigenvalue weighted by Crippen LogP contribution is 1.99. The van der Waals surface area contributed by atoms with E-state index in [1.807, 2.05) is 19.1 Å². The fraction of sp³-hybridized carbons (Fsp3) is 0.667. The second-order valence-electron chi connectivity index (χ2n) is 4.96. The van der Waals surface area contributed by atoms with E-state index in [-0.39, 0.29) is 0 Å². The van der Waals surface area contributed by atoms with E-state index in [0.29, 0.717) is 12.5 Å². The Labute approximate surface area is 121 Å². The largest absolute Gasteiger partial charge is 0.469 e. The van der Waals surface area contributed by atoms with Crippen LogP contribution in [0.4, 0.5) is 0 Å². The summed E-state index contributed by atoms with van der Waals surface area (Å²) in [6.45, 7) is 10.1. The van der Waals surface area contributed by atoms with E-state index in [1.165, 1.54) is 0 Å². The van der Waals surface area contributed by atoms with Gasteiger partial charge in [0.15, 0.2) is 5.96 Å². The van der Waals surface area contributed by atoms with Crippen molar-refractivity contribution in [2.45, 2.75) is 27.2 Å². The van der Waals surface area contributed by atoms with Crippen molar-refractivity contribution in [1.29, 1.82) is 0 Å². The van der Waals surface area contributed by atoms with E-state index in [2.05, 4.69) is 29.5 Å². The molecule has 5 heteroatoms. The lowest BCUT2D eigenvalue weighted by Crippen LogP contribution is -2.40. The van der Waals surface area contributed by atoms with Gasteiger partial charge >= 0.3 is 0 Å². The van der Waals surface area contributed by atoms with Crippen molar-refractivity contribution in [1.82, 2.24) is 10.6 Å². The highest BCUT2D eigenvalue weighted by Gasteiger charge is 2.01. The van der Waals surface area contributed by atoms with E-state index in [4.69, 9.17) is 9.15 Å². The Morgan fingerprint density at radius 3 is 2.80 bits per heavy atom. The summed E-state index contributed by atoms with van der Waals surface area (Å²) in [6, 6.07) is 3.89. The molecule has 1 heterocycles. The van der Waals surface area contributed by atoms with Gasteiger partial charge < -0.3 is 19.8 Å². The Morgan fingerprint density at radius 2 is 2.15 bits per heavy atom. The van der Waals surface area contributed by atoms with Crippen molar-refractivity contribution < 1.29 is 9.15 Å². The molecule has 0 radical (unpaired) electrons. The van der Waals surface area contributed by atoms with Gasteiger partial charge in [0, 0.05) is 32.7 Å². The van der Waals surface area contributed by atoms with Crippen LogP contribution in [0.1, 0.15) is 26.5 Å². The molecule has 0 saturated carbocycles. The number of nitrogens with one attached hydrogen (secondary N) is 2. The molecule has 0 aliphatic carbocycles. The monoisotopic (exact) mass is 281 g/mol. The van der Waals surface area contributed by atoms with E-state index in [0.717, 1.165) is 44.4 Å². The van der Waals surface area contributed by atoms with Gasteiger partial charge in [-0.05, 0) is 25.0 Å². The number of rotatable bonds is 9. The molecule has 0 aliphatic heterocycles. The lowest BCUT2D eigenvalue weighted by Gasteiger charge is -2.13. The zero-order chi connectivity index (χ0) is 14.6. The quantitative estimate of drug-likeness (QED) is 0.413. The van der Waals surface area contributed by atoms with Crippen molar-refractivity contribution in [3.05, 3.63) is 24.2 Å². The molecule has 1 aromatic heterocycles. The molecule has 0 atom stereocenters. The maximum Gasteiger partial charge on any atom is 0.191 e. The van der Waals surface area contributed by atoms with Crippen LogP contribution in [0.3, 0.4) is 0 Å². The summed E-state index contributed by atoms with van der Waals surface area (Å²) in [5, 5.41) is 6.59. The minimum Gasteiger partial charge on any atom is -0.469 e. The molecule has 0 aliphatic rings. The van der Waals surface area contributed by atoms with Crippen LogP contribution >= 0.6 is 0 Å². The molecule has 20 heavy (non-hydrogen) atoms. The van der Waals surface area contributed by atoms with E-state index in [1.54, 1.807) is 6.26 Å². The highest BCUT2D eigenvalue weighted by atomic mass is 16.5. The summed E-state index contributed by atoms with van der Waals surface area (Å²) in [5.74, 6) is 2.37. The number of aliphatic imine (C=N–C) groups is 1. The Bertz CT molecular complexity index is 361. The van der Waals surface area contributed by atoms with Crippen LogP contribution in [0.15, 0.2) is 27.8 Å². The molecule has 5 nitrogen and oxygen atoms in total. The molecule has 114 valence electrons. The van der Waals surface area contributed by atoms with Crippen molar-refractivity contribution in [3.8, 4) is 0 Å². The molecule has 1 aromatic rings. The third-order valence-corrected chi connectivity index (χ3v) is 2.60. The second kappa shape index (κ2) is 10.3. The van der Waals surface area contributed by atoms with Gasteiger partial charge in [0.25, 0.3) is 0 Å². The standard InChI is InChI=1S/C15H27N3O2/c1-4-19-11-9-17-15(18-12-13(2)3)16-8-7-14-6-5-10-20-14/h5-6,10,13H,4,7-9,11-12H2,1-3H3,(H2,16,17,18). The van der Waals surface area contributed by atoms with Crippen LogP contribution in [-0.2, 0) is 11.2 Å². The SMILES string of the molecule is CCOCCNC(=NCC(C)C)NCCc1ccco1. The number of ether oxygens (including phenoxy) is 1. The molecular weight excluding hydrogens is 254 g/mol. The predicted octanol–water partition coefficient (Wildman–Crippen LogP) is 2.05. The minimum absolute atomic E-state index is 0.547. The number of furan rings is 1. The normalized spacial score (nSPS) is 11.9. The smallest absolute Gasteiger partial charge is 0.191 e. The van der Waals surface area contributed by atoms with Crippen LogP contribution in [0.2, 0.25) is 0 Å². The Hall–Kier alpha value is -1.49. The Morgan fingerprint density at radius 1 is 1.35 bits per heavy atom. The minimum atomic E-state index is 0.547. The molecule has 0 unspecified atom stereocenters. The first kappa shape index (κ1) is 16.6. The first-order valence-corrected chi connectivity index (χ1v) is 7.34. The van der Waals surface area contributed by atoms with Gasteiger partial charge in [-0.1, -0.05) is 13.8 Å². The highest BCUT2D eigenvalue weighted by molar-refractivity contribution is 5.79. The fourth-order valence-corrected chi connectivity index (χ4v) is 1.59. The number of hydrogen-bond donors (Lipinski definition) is 2. The number of guanidine groups is 1. The topological polar surface area (TPSA) is 58.8 Å². The maximum absolute atomic E-state index is 5.31. The van der Waals surface area contributed by atoms with Gasteiger partial charge in [0.05, 0.1) is 12.9 Å². The summed E-state index contributed by atoms with van der Waals surface area (Å²) in [4.78, 5) is 4.55. The Balaban J connectivity index is 2.30. The summed E-state index contributed by atoms with van der Waals surface area (Å²) in [5.41, 5.74) is 0. The van der Waals surface area contributed by atoms with Crippen LogP contribution < -0.4 is 10.6 Å². The van der Waals surface area contributed by atoms with E-state index >= 15 is 0 Å². The second-order valence-corrected chi connectivity index (χ2v) is 4.96. The van der Waals surface area contributed by atoms with Gasteiger partial charge in [-0.15, -0.1) is 0 Å². The summed E-state index contributed by atoms with van der Waals surface area (Å²) < 4.78 is 10.6. The maximum atomic E-state index is 5.31. The first-order valence-electron chi connectivity index (χ1n) is 7.34. The zero-order valence-corrected chi connectivity index (χ0v) is 12.8. The first-order chi connectivity index (χ1) is 9.72. The van der Waals surface area contributed by atoms with Gasteiger partial charge in [0.2, 0.25) is 0 Å². The molecular formula is C15H27N3O2. The van der Waals surface area contributed by atoms with Crippen molar-refractivity contribution >= 4 is 5.96 Å². The molecule has 0 saturated heterocycles. The van der Waals surface area contributed by atoms with E-state index < -0.39 is 0 Å². The van der Waals surface area contributed by atoms with Crippen molar-refractivity contribution in [2.24, 2.45) is 10.9 Å². The molecule has 0 aromatic carbocycles. The van der Waals surface area contributed by atoms with Crippen molar-refractivity contribution in [3.63, 3.8) is 0 Å². The average Bonchev–Trinajstić information content (AvgIpc) is 2.93. The summed E-state index contributed by atoms with van der Waals surface area (Å²) >= 11 is 0. The van der Waals surface area contributed by atoms with Crippen LogP contribution in [0.25, 0.3) is 0 Å². The van der Waals surface area contributed by atoms with Gasteiger partial charge in [-0.25, -0.2) is 0 Å². The molecule has 0 bridgehead atoms. The van der Waals surface area contributed by atoms with Gasteiger partial charge in [0.1, 0.15) is 5.76 Å². The number of nitrogens with zero attached hydrogens (tertiary/aromatic N) is 1. The third kappa shape index (κ3) is 7.84. The van der Waals surface area contributed by atoms with Gasteiger partial charge in [-0.2, -0.15) is 0 Å². The average molecular weight is 281 g/mol. The van der Waals surface area contributed by atoms with Crippen LogP contribution in [0.5, 0.6) is 0 Å². The molecule has 1 rings (SSSR count).